The predicted molar refractivity (Wildman–Crippen MR) is 235 cm³/mol. The van der Waals surface area contributed by atoms with Gasteiger partial charge in [0.1, 0.15) is 42.7 Å². The molecule has 0 bridgehead atoms. The number of allylic oxidation sites excluding steroid dienone is 6. The molecule has 13 heteroatoms. The van der Waals surface area contributed by atoms with Gasteiger partial charge >= 0.3 is 13.8 Å². The van der Waals surface area contributed by atoms with Crippen molar-refractivity contribution in [1.29, 1.82) is 0 Å². The largest absolute Gasteiger partial charge is 0.472 e. The number of esters is 1. The molecule has 59 heavy (non-hydrogen) atoms. The SMILES string of the molecule is CCCCC/C=C\C/C=C\CCCCCCCCCCCC(=O)OC(COCCCCCCCC/C=C\CCCCC)COP(=O)(O)OC1C(O)C(O)C(O)C(O)C1O. The Balaban J connectivity index is 2.38. The minimum Gasteiger partial charge on any atom is -0.457 e. The summed E-state index contributed by atoms with van der Waals surface area (Å²) in [6, 6.07) is 0. The number of hydrogen-bond acceptors (Lipinski definition) is 11. The van der Waals surface area contributed by atoms with Gasteiger partial charge in [0.05, 0.1) is 13.2 Å². The molecule has 0 spiro atoms. The van der Waals surface area contributed by atoms with Gasteiger partial charge in [-0.3, -0.25) is 13.8 Å². The normalized spacial score (nSPS) is 22.8. The lowest BCUT2D eigenvalue weighted by atomic mass is 9.85. The van der Waals surface area contributed by atoms with Crippen LogP contribution in [0.1, 0.15) is 187 Å². The number of aliphatic hydroxyl groups is 5. The second-order valence-electron chi connectivity index (χ2n) is 16.2. The number of phosphoric acid groups is 1. The van der Waals surface area contributed by atoms with Crippen molar-refractivity contribution in [3.63, 3.8) is 0 Å². The second kappa shape index (κ2) is 37.1. The fraction of sp³-hybridized carbons (Fsp3) is 0.848. The van der Waals surface area contributed by atoms with Crippen LogP contribution in [-0.4, -0.2) is 98.9 Å². The summed E-state index contributed by atoms with van der Waals surface area (Å²) in [7, 11) is -5.02. The van der Waals surface area contributed by atoms with Crippen LogP contribution in [0.2, 0.25) is 0 Å². The fourth-order valence-corrected chi connectivity index (χ4v) is 7.94. The van der Waals surface area contributed by atoms with Crippen LogP contribution in [0, 0.1) is 0 Å². The van der Waals surface area contributed by atoms with Crippen molar-refractivity contribution in [2.24, 2.45) is 0 Å². The van der Waals surface area contributed by atoms with Gasteiger partial charge in [-0.2, -0.15) is 0 Å². The molecule has 346 valence electrons. The fourth-order valence-electron chi connectivity index (χ4n) is 6.97. The number of rotatable bonds is 39. The summed E-state index contributed by atoms with van der Waals surface area (Å²) in [5.74, 6) is -0.484. The molecule has 1 aliphatic rings. The molecule has 0 radical (unpaired) electrons. The number of aliphatic hydroxyl groups excluding tert-OH is 5. The summed E-state index contributed by atoms with van der Waals surface area (Å²) >= 11 is 0. The van der Waals surface area contributed by atoms with Crippen LogP contribution >= 0.6 is 7.82 Å². The maximum absolute atomic E-state index is 12.8. The second-order valence-corrected chi connectivity index (χ2v) is 17.7. The first-order chi connectivity index (χ1) is 28.5. The zero-order valence-electron chi connectivity index (χ0n) is 36.8. The van der Waals surface area contributed by atoms with Crippen LogP contribution in [0.25, 0.3) is 0 Å². The predicted octanol–water partition coefficient (Wildman–Crippen LogP) is 9.48. The first-order valence-electron chi connectivity index (χ1n) is 23.3. The van der Waals surface area contributed by atoms with Crippen molar-refractivity contribution < 1.29 is 58.3 Å². The van der Waals surface area contributed by atoms with E-state index in [2.05, 4.69) is 50.3 Å². The molecule has 1 saturated carbocycles. The van der Waals surface area contributed by atoms with Gasteiger partial charge in [-0.05, 0) is 70.6 Å². The minimum atomic E-state index is -5.02. The van der Waals surface area contributed by atoms with Crippen molar-refractivity contribution >= 4 is 13.8 Å². The zero-order chi connectivity index (χ0) is 43.4. The van der Waals surface area contributed by atoms with Crippen LogP contribution in [-0.2, 0) is 27.9 Å². The molecule has 0 amide bonds. The molecular formula is C46H85O12P. The molecule has 12 nitrogen and oxygen atoms in total. The van der Waals surface area contributed by atoms with Crippen LogP contribution in [0.5, 0.6) is 0 Å². The van der Waals surface area contributed by atoms with Gasteiger partial charge in [0.25, 0.3) is 0 Å². The first kappa shape index (κ1) is 55.6. The molecule has 0 aliphatic heterocycles. The highest BCUT2D eigenvalue weighted by Gasteiger charge is 2.51. The Kier molecular flexibility index (Phi) is 35.0. The Hall–Kier alpha value is -1.44. The number of carbonyl (C=O) groups is 1. The van der Waals surface area contributed by atoms with E-state index in [1.54, 1.807) is 0 Å². The molecule has 6 unspecified atom stereocenters. The Labute approximate surface area is 357 Å². The topological polar surface area (TPSA) is 192 Å². The Morgan fingerprint density at radius 3 is 1.44 bits per heavy atom. The van der Waals surface area contributed by atoms with Crippen LogP contribution in [0.15, 0.2) is 36.5 Å². The van der Waals surface area contributed by atoms with Crippen LogP contribution in [0.3, 0.4) is 0 Å². The molecule has 0 aromatic rings. The van der Waals surface area contributed by atoms with Crippen molar-refractivity contribution in [2.45, 2.75) is 230 Å². The average Bonchev–Trinajstić information content (AvgIpc) is 3.22. The molecule has 1 rings (SSSR count). The summed E-state index contributed by atoms with van der Waals surface area (Å²) in [4.78, 5) is 23.2. The van der Waals surface area contributed by atoms with Gasteiger partial charge < -0.3 is 39.9 Å². The van der Waals surface area contributed by atoms with E-state index >= 15 is 0 Å². The highest BCUT2D eigenvalue weighted by atomic mass is 31.2. The molecule has 0 saturated heterocycles. The average molecular weight is 861 g/mol. The monoisotopic (exact) mass is 861 g/mol. The van der Waals surface area contributed by atoms with Gasteiger partial charge in [0, 0.05) is 13.0 Å². The molecule has 1 fully saturated rings. The van der Waals surface area contributed by atoms with E-state index in [4.69, 9.17) is 18.5 Å². The van der Waals surface area contributed by atoms with Crippen molar-refractivity contribution in [2.75, 3.05) is 19.8 Å². The Morgan fingerprint density at radius 2 is 0.949 bits per heavy atom. The first-order valence-corrected chi connectivity index (χ1v) is 24.8. The summed E-state index contributed by atoms with van der Waals surface area (Å²) in [6.45, 7) is 4.20. The molecule has 6 N–H and O–H groups in total. The third kappa shape index (κ3) is 29.5. The van der Waals surface area contributed by atoms with Gasteiger partial charge in [-0.15, -0.1) is 0 Å². The highest BCUT2D eigenvalue weighted by molar-refractivity contribution is 7.47. The summed E-state index contributed by atoms with van der Waals surface area (Å²) in [6.07, 6.45) is 30.6. The van der Waals surface area contributed by atoms with Gasteiger partial charge in [0.15, 0.2) is 0 Å². The number of hydrogen-bond donors (Lipinski definition) is 6. The number of ether oxygens (including phenoxy) is 2. The van der Waals surface area contributed by atoms with Gasteiger partial charge in [-0.25, -0.2) is 4.57 Å². The van der Waals surface area contributed by atoms with E-state index in [0.717, 1.165) is 64.2 Å². The smallest absolute Gasteiger partial charge is 0.457 e. The van der Waals surface area contributed by atoms with Crippen LogP contribution in [0.4, 0.5) is 0 Å². The van der Waals surface area contributed by atoms with Gasteiger partial charge in [-0.1, -0.05) is 147 Å². The Morgan fingerprint density at radius 1 is 0.542 bits per heavy atom. The summed E-state index contributed by atoms with van der Waals surface area (Å²) < 4.78 is 34.2. The third-order valence-electron chi connectivity index (χ3n) is 10.7. The number of phosphoric ester groups is 1. The molecular weight excluding hydrogens is 775 g/mol. The van der Waals surface area contributed by atoms with E-state index in [0.29, 0.717) is 13.0 Å². The lowest BCUT2D eigenvalue weighted by Crippen LogP contribution is -2.64. The lowest BCUT2D eigenvalue weighted by molar-refractivity contribution is -0.220. The van der Waals surface area contributed by atoms with Crippen molar-refractivity contribution in [3.05, 3.63) is 36.5 Å². The number of carbonyl (C=O) groups excluding carboxylic acids is 1. The maximum Gasteiger partial charge on any atom is 0.472 e. The number of unbranched alkanes of at least 4 members (excludes halogenated alkanes) is 21. The lowest BCUT2D eigenvalue weighted by Gasteiger charge is -2.41. The zero-order valence-corrected chi connectivity index (χ0v) is 37.7. The highest BCUT2D eigenvalue weighted by Crippen LogP contribution is 2.47. The maximum atomic E-state index is 12.8. The van der Waals surface area contributed by atoms with E-state index in [9.17, 15) is 39.8 Å². The quantitative estimate of drug-likeness (QED) is 0.0149. The van der Waals surface area contributed by atoms with Crippen molar-refractivity contribution in [1.82, 2.24) is 0 Å². The third-order valence-corrected chi connectivity index (χ3v) is 11.7. The van der Waals surface area contributed by atoms with E-state index < -0.39 is 63.1 Å². The molecule has 0 aromatic carbocycles. The minimum absolute atomic E-state index is 0.0819. The Bertz CT molecular complexity index is 1120. The van der Waals surface area contributed by atoms with Crippen molar-refractivity contribution in [3.8, 4) is 0 Å². The summed E-state index contributed by atoms with van der Waals surface area (Å²) in [5, 5.41) is 50.2. The van der Waals surface area contributed by atoms with E-state index in [1.807, 2.05) is 0 Å². The standard InChI is InChI=1S/C46H85O12P/c1-3-5-7-9-11-13-15-17-18-19-20-21-22-23-25-27-29-31-33-35-40(47)57-39(37-55-36-34-32-30-28-26-24-16-14-12-10-8-6-4-2)38-56-59(53,54)58-46-44(51)42(49)41(48)43(50)45(46)52/h11-14,17-18,39,41-46,48-52H,3-10,15-16,19-38H2,1-2H3,(H,53,54)/b13-11-,14-12-,18-17-. The molecule has 1 aliphatic carbocycles. The molecule has 0 aromatic heterocycles. The van der Waals surface area contributed by atoms with E-state index in [1.165, 1.54) is 96.3 Å². The molecule has 0 heterocycles. The van der Waals surface area contributed by atoms with Gasteiger partial charge in [0.2, 0.25) is 0 Å². The van der Waals surface area contributed by atoms with E-state index in [-0.39, 0.29) is 13.0 Å². The summed E-state index contributed by atoms with van der Waals surface area (Å²) in [5.41, 5.74) is 0. The molecule has 6 atom stereocenters. The van der Waals surface area contributed by atoms with Crippen LogP contribution < -0.4 is 0 Å².